The number of hydrogen-bond donors (Lipinski definition) is 0. The fraction of sp³-hybridized carbons (Fsp3) is 0.444. The minimum Gasteiger partial charge on any atom is -0.494 e. The van der Waals surface area contributed by atoms with Gasteiger partial charge >= 0.3 is 11.9 Å². The van der Waals surface area contributed by atoms with Gasteiger partial charge in [0.15, 0.2) is 0 Å². The van der Waals surface area contributed by atoms with Crippen molar-refractivity contribution in [1.29, 1.82) is 0 Å². The molecule has 0 bridgehead atoms. The first-order valence-electron chi connectivity index (χ1n) is 7.91. The van der Waals surface area contributed by atoms with Crippen LogP contribution in [0.3, 0.4) is 0 Å². The van der Waals surface area contributed by atoms with E-state index in [1.54, 1.807) is 38.1 Å². The van der Waals surface area contributed by atoms with E-state index in [-0.39, 0.29) is 18.8 Å². The number of ether oxygens (including phenoxy) is 3. The molecule has 0 aliphatic rings. The Labute approximate surface area is 137 Å². The molecule has 1 aromatic rings. The Morgan fingerprint density at radius 1 is 0.957 bits per heavy atom. The van der Waals surface area contributed by atoms with Crippen LogP contribution in [0.1, 0.15) is 39.2 Å². The van der Waals surface area contributed by atoms with Gasteiger partial charge in [0.2, 0.25) is 0 Å². The van der Waals surface area contributed by atoms with Crippen LogP contribution in [-0.2, 0) is 19.1 Å². The molecule has 0 saturated carbocycles. The summed E-state index contributed by atoms with van der Waals surface area (Å²) < 4.78 is 15.4. The van der Waals surface area contributed by atoms with Gasteiger partial charge in [0.1, 0.15) is 11.3 Å². The lowest BCUT2D eigenvalue weighted by Crippen LogP contribution is -2.18. The van der Waals surface area contributed by atoms with E-state index in [0.717, 1.165) is 18.6 Å². The summed E-state index contributed by atoms with van der Waals surface area (Å²) in [6, 6.07) is 7.16. The minimum absolute atomic E-state index is 0.117. The highest BCUT2D eigenvalue weighted by Crippen LogP contribution is 2.16. The van der Waals surface area contributed by atoms with Crippen LogP contribution in [0, 0.1) is 0 Å². The summed E-state index contributed by atoms with van der Waals surface area (Å²) >= 11 is 0. The van der Waals surface area contributed by atoms with Crippen LogP contribution in [0.4, 0.5) is 0 Å². The zero-order valence-electron chi connectivity index (χ0n) is 14.0. The Bertz CT molecular complexity index is 511. The SMILES string of the molecule is CCCCOc1ccc(C=C(C(=O)OCC)C(=O)OCC)cc1. The number of benzene rings is 1. The minimum atomic E-state index is -0.686. The van der Waals surface area contributed by atoms with E-state index in [2.05, 4.69) is 6.92 Å². The van der Waals surface area contributed by atoms with E-state index in [0.29, 0.717) is 12.2 Å². The number of carbonyl (C=O) groups excluding carboxylic acids is 2. The number of hydrogen-bond acceptors (Lipinski definition) is 5. The third-order valence-corrected chi connectivity index (χ3v) is 2.95. The zero-order chi connectivity index (χ0) is 17.1. The zero-order valence-corrected chi connectivity index (χ0v) is 14.0. The highest BCUT2D eigenvalue weighted by atomic mass is 16.6. The molecule has 1 rings (SSSR count). The Hall–Kier alpha value is -2.30. The standard InChI is InChI=1S/C18H24O5/c1-4-7-12-23-15-10-8-14(9-11-15)13-16(17(19)21-5-2)18(20)22-6-3/h8-11,13H,4-7,12H2,1-3H3. The molecule has 1 aromatic carbocycles. The summed E-state index contributed by atoms with van der Waals surface area (Å²) in [6.45, 7) is 6.53. The lowest BCUT2D eigenvalue weighted by Gasteiger charge is -2.07. The summed E-state index contributed by atoms with van der Waals surface area (Å²) in [5.74, 6) is -0.618. The molecule has 23 heavy (non-hydrogen) atoms. The van der Waals surface area contributed by atoms with Gasteiger partial charge in [-0.05, 0) is 44.0 Å². The van der Waals surface area contributed by atoms with Gasteiger partial charge in [-0.3, -0.25) is 0 Å². The van der Waals surface area contributed by atoms with Crippen molar-refractivity contribution in [3.05, 3.63) is 35.4 Å². The molecule has 0 aromatic heterocycles. The Balaban J connectivity index is 2.88. The summed E-state index contributed by atoms with van der Waals surface area (Å²) in [4.78, 5) is 23.8. The van der Waals surface area contributed by atoms with Crippen LogP contribution in [-0.4, -0.2) is 31.8 Å². The van der Waals surface area contributed by atoms with Gasteiger partial charge in [0, 0.05) is 0 Å². The van der Waals surface area contributed by atoms with Crippen LogP contribution in [0.5, 0.6) is 5.75 Å². The van der Waals surface area contributed by atoms with Crippen molar-refractivity contribution in [3.63, 3.8) is 0 Å². The van der Waals surface area contributed by atoms with Crippen molar-refractivity contribution >= 4 is 18.0 Å². The fourth-order valence-corrected chi connectivity index (χ4v) is 1.78. The molecule has 0 heterocycles. The molecule has 0 aliphatic heterocycles. The third-order valence-electron chi connectivity index (χ3n) is 2.95. The van der Waals surface area contributed by atoms with E-state index in [1.807, 2.05) is 0 Å². The van der Waals surface area contributed by atoms with Crippen molar-refractivity contribution in [2.75, 3.05) is 19.8 Å². The molecule has 0 atom stereocenters. The smallest absolute Gasteiger partial charge is 0.345 e. The molecule has 0 radical (unpaired) electrons. The van der Waals surface area contributed by atoms with E-state index < -0.39 is 11.9 Å². The average molecular weight is 320 g/mol. The van der Waals surface area contributed by atoms with Gasteiger partial charge in [0.25, 0.3) is 0 Å². The molecule has 5 heteroatoms. The van der Waals surface area contributed by atoms with Gasteiger partial charge in [-0.15, -0.1) is 0 Å². The first kappa shape index (κ1) is 18.7. The molecule has 0 saturated heterocycles. The molecule has 0 unspecified atom stereocenters. The predicted molar refractivity (Wildman–Crippen MR) is 88.1 cm³/mol. The number of unbranched alkanes of at least 4 members (excludes halogenated alkanes) is 1. The van der Waals surface area contributed by atoms with Crippen LogP contribution in [0.15, 0.2) is 29.8 Å². The molecule has 0 amide bonds. The lowest BCUT2D eigenvalue weighted by molar-refractivity contribution is -0.146. The van der Waals surface area contributed by atoms with Gasteiger partial charge in [0.05, 0.1) is 19.8 Å². The van der Waals surface area contributed by atoms with E-state index in [9.17, 15) is 9.59 Å². The van der Waals surface area contributed by atoms with Crippen molar-refractivity contribution in [3.8, 4) is 5.75 Å². The maximum Gasteiger partial charge on any atom is 0.345 e. The highest BCUT2D eigenvalue weighted by molar-refractivity contribution is 6.17. The first-order chi connectivity index (χ1) is 11.1. The van der Waals surface area contributed by atoms with Gasteiger partial charge < -0.3 is 14.2 Å². The van der Waals surface area contributed by atoms with E-state index in [1.165, 1.54) is 6.08 Å². The Morgan fingerprint density at radius 3 is 2.00 bits per heavy atom. The van der Waals surface area contributed by atoms with Gasteiger partial charge in [-0.2, -0.15) is 0 Å². The number of esters is 2. The average Bonchev–Trinajstić information content (AvgIpc) is 2.54. The van der Waals surface area contributed by atoms with Crippen LogP contribution < -0.4 is 4.74 Å². The van der Waals surface area contributed by atoms with Crippen molar-refractivity contribution in [1.82, 2.24) is 0 Å². The third kappa shape index (κ3) is 6.55. The first-order valence-corrected chi connectivity index (χ1v) is 7.91. The molecule has 0 spiro atoms. The number of carbonyl (C=O) groups is 2. The number of rotatable bonds is 9. The van der Waals surface area contributed by atoms with E-state index >= 15 is 0 Å². The summed E-state index contributed by atoms with van der Waals surface area (Å²) in [5, 5.41) is 0. The normalized spacial score (nSPS) is 9.87. The second-order valence-corrected chi connectivity index (χ2v) is 4.77. The predicted octanol–water partition coefficient (Wildman–Crippen LogP) is 3.38. The van der Waals surface area contributed by atoms with Crippen molar-refractivity contribution in [2.24, 2.45) is 0 Å². The molecular weight excluding hydrogens is 296 g/mol. The monoisotopic (exact) mass is 320 g/mol. The second-order valence-electron chi connectivity index (χ2n) is 4.77. The molecule has 5 nitrogen and oxygen atoms in total. The molecule has 0 aliphatic carbocycles. The van der Waals surface area contributed by atoms with Gasteiger partial charge in [-0.25, -0.2) is 9.59 Å². The molecule has 126 valence electrons. The van der Waals surface area contributed by atoms with Crippen molar-refractivity contribution in [2.45, 2.75) is 33.6 Å². The Kier molecular flexibility index (Phi) is 8.50. The summed E-state index contributed by atoms with van der Waals surface area (Å²) in [7, 11) is 0. The van der Waals surface area contributed by atoms with Crippen LogP contribution in [0.25, 0.3) is 6.08 Å². The van der Waals surface area contributed by atoms with Crippen LogP contribution in [0.2, 0.25) is 0 Å². The quantitative estimate of drug-likeness (QED) is 0.229. The summed E-state index contributed by atoms with van der Waals surface area (Å²) in [6.07, 6.45) is 3.53. The maximum absolute atomic E-state index is 11.9. The second kappa shape index (κ2) is 10.4. The maximum atomic E-state index is 11.9. The largest absolute Gasteiger partial charge is 0.494 e. The Morgan fingerprint density at radius 2 is 1.52 bits per heavy atom. The molecular formula is C18H24O5. The molecule has 0 fully saturated rings. The fourth-order valence-electron chi connectivity index (χ4n) is 1.78. The highest BCUT2D eigenvalue weighted by Gasteiger charge is 2.20. The van der Waals surface area contributed by atoms with E-state index in [4.69, 9.17) is 14.2 Å². The lowest BCUT2D eigenvalue weighted by atomic mass is 10.1. The van der Waals surface area contributed by atoms with Crippen LogP contribution >= 0.6 is 0 Å². The van der Waals surface area contributed by atoms with Gasteiger partial charge in [-0.1, -0.05) is 25.5 Å². The topological polar surface area (TPSA) is 61.8 Å². The summed E-state index contributed by atoms with van der Waals surface area (Å²) in [5.41, 5.74) is 0.581. The molecule has 0 N–H and O–H groups in total. The van der Waals surface area contributed by atoms with Crippen molar-refractivity contribution < 1.29 is 23.8 Å².